The molecule has 0 N–H and O–H groups in total. The van der Waals surface area contributed by atoms with Gasteiger partial charge in [0, 0.05) is 6.08 Å². The Kier molecular flexibility index (Phi) is 4.02. The highest BCUT2D eigenvalue weighted by molar-refractivity contribution is 5.81. The van der Waals surface area contributed by atoms with Crippen LogP contribution in [0.2, 0.25) is 0 Å². The molecule has 0 unspecified atom stereocenters. The number of carbonyl (C=O) groups excluding carboxylic acids is 1. The third kappa shape index (κ3) is 2.92. The first-order valence-corrected chi connectivity index (χ1v) is 8.02. The van der Waals surface area contributed by atoms with Crippen LogP contribution in [0.15, 0.2) is 36.9 Å². The Hall–Kier alpha value is -2.08. The van der Waals surface area contributed by atoms with Crippen molar-refractivity contribution in [3.05, 3.63) is 48.0 Å². The van der Waals surface area contributed by atoms with Crippen LogP contribution >= 0.6 is 0 Å². The van der Waals surface area contributed by atoms with E-state index < -0.39 is 0 Å². The number of ether oxygens (including phenoxy) is 1. The van der Waals surface area contributed by atoms with Crippen molar-refractivity contribution in [1.29, 1.82) is 5.26 Å². The summed E-state index contributed by atoms with van der Waals surface area (Å²) in [6.45, 7) is 3.49. The Morgan fingerprint density at radius 1 is 1.23 bits per heavy atom. The van der Waals surface area contributed by atoms with Gasteiger partial charge in [0.1, 0.15) is 5.60 Å². The van der Waals surface area contributed by atoms with Gasteiger partial charge >= 0.3 is 5.97 Å². The molecule has 2 aliphatic carbocycles. The first-order valence-electron chi connectivity index (χ1n) is 8.02. The van der Waals surface area contributed by atoms with E-state index in [1.54, 1.807) is 0 Å². The fourth-order valence-corrected chi connectivity index (χ4v) is 3.74. The van der Waals surface area contributed by atoms with Crippen LogP contribution in [0.1, 0.15) is 55.6 Å². The molecular formula is C19H21NO2. The van der Waals surface area contributed by atoms with Crippen molar-refractivity contribution in [3.8, 4) is 6.07 Å². The van der Waals surface area contributed by atoms with E-state index in [2.05, 4.69) is 24.8 Å². The van der Waals surface area contributed by atoms with Gasteiger partial charge in [-0.25, -0.2) is 4.79 Å². The van der Waals surface area contributed by atoms with Crippen LogP contribution in [-0.2, 0) is 9.53 Å². The maximum Gasteiger partial charge on any atom is 0.330 e. The minimum atomic E-state index is -0.285. The van der Waals surface area contributed by atoms with Gasteiger partial charge in [0.2, 0.25) is 0 Å². The summed E-state index contributed by atoms with van der Waals surface area (Å²) in [5.74, 6) is 0.771. The van der Waals surface area contributed by atoms with Crippen LogP contribution in [0.4, 0.5) is 0 Å². The van der Waals surface area contributed by atoms with Crippen LogP contribution in [0.5, 0.6) is 0 Å². The van der Waals surface area contributed by atoms with Crippen molar-refractivity contribution in [3.63, 3.8) is 0 Å². The topological polar surface area (TPSA) is 50.1 Å². The summed E-state index contributed by atoms with van der Waals surface area (Å²) < 4.78 is 5.62. The van der Waals surface area contributed by atoms with E-state index in [4.69, 9.17) is 10.00 Å². The van der Waals surface area contributed by atoms with Gasteiger partial charge in [0.25, 0.3) is 0 Å². The lowest BCUT2D eigenvalue weighted by Crippen LogP contribution is -2.31. The summed E-state index contributed by atoms with van der Waals surface area (Å²) in [4.78, 5) is 11.5. The number of rotatable bonds is 4. The molecule has 22 heavy (non-hydrogen) atoms. The molecule has 2 saturated carbocycles. The third-order valence-corrected chi connectivity index (χ3v) is 5.20. The fourth-order valence-electron chi connectivity index (χ4n) is 3.74. The first-order chi connectivity index (χ1) is 10.7. The van der Waals surface area contributed by atoms with Crippen LogP contribution in [0.3, 0.4) is 0 Å². The second-order valence-electron chi connectivity index (χ2n) is 6.47. The molecule has 0 heterocycles. The summed E-state index contributed by atoms with van der Waals surface area (Å²) >= 11 is 0. The number of benzene rings is 1. The number of nitriles is 1. The zero-order valence-corrected chi connectivity index (χ0v) is 12.8. The molecule has 0 aliphatic heterocycles. The Labute approximate surface area is 131 Å². The zero-order valence-electron chi connectivity index (χ0n) is 12.8. The maximum atomic E-state index is 11.5. The maximum absolute atomic E-state index is 11.5. The Morgan fingerprint density at radius 3 is 2.36 bits per heavy atom. The molecule has 0 radical (unpaired) electrons. The number of carbonyl (C=O) groups is 1. The predicted octanol–water partition coefficient (Wildman–Crippen LogP) is 4.09. The molecule has 0 spiro atoms. The van der Waals surface area contributed by atoms with Gasteiger partial charge in [-0.05, 0) is 68.1 Å². The number of esters is 1. The molecular weight excluding hydrogens is 274 g/mol. The molecule has 0 saturated heterocycles. The van der Waals surface area contributed by atoms with Crippen LogP contribution in [0, 0.1) is 17.2 Å². The number of hydrogen-bond acceptors (Lipinski definition) is 3. The monoisotopic (exact) mass is 295 g/mol. The summed E-state index contributed by atoms with van der Waals surface area (Å²) in [6.07, 6.45) is 7.73. The van der Waals surface area contributed by atoms with Crippen molar-refractivity contribution in [2.24, 2.45) is 5.92 Å². The fraction of sp³-hybridized carbons (Fsp3) is 0.474. The average molecular weight is 295 g/mol. The summed E-state index contributed by atoms with van der Waals surface area (Å²) in [6, 6.07) is 10.1. The second-order valence-corrected chi connectivity index (χ2v) is 6.47. The number of nitrogens with zero attached hydrogens (tertiary/aromatic N) is 1. The largest absolute Gasteiger partial charge is 0.456 e. The highest BCUT2D eigenvalue weighted by Gasteiger charge is 2.53. The molecule has 0 aromatic heterocycles. The SMILES string of the molecule is C=CC(=O)OC1(C2CCC(c3ccc(C#N)cc3)CC2)CC1. The van der Waals surface area contributed by atoms with Gasteiger partial charge in [-0.15, -0.1) is 0 Å². The Morgan fingerprint density at radius 2 is 1.86 bits per heavy atom. The first kappa shape index (κ1) is 14.8. The van der Waals surface area contributed by atoms with Crippen molar-refractivity contribution < 1.29 is 9.53 Å². The molecule has 0 atom stereocenters. The molecule has 2 fully saturated rings. The normalized spacial score (nSPS) is 25.8. The van der Waals surface area contributed by atoms with E-state index in [1.165, 1.54) is 11.6 Å². The van der Waals surface area contributed by atoms with Gasteiger partial charge < -0.3 is 4.74 Å². The van der Waals surface area contributed by atoms with Gasteiger partial charge in [-0.3, -0.25) is 0 Å². The lowest BCUT2D eigenvalue weighted by molar-refractivity contribution is -0.149. The van der Waals surface area contributed by atoms with Crippen LogP contribution < -0.4 is 0 Å². The number of hydrogen-bond donors (Lipinski definition) is 0. The van der Waals surface area contributed by atoms with E-state index in [1.807, 2.05) is 12.1 Å². The van der Waals surface area contributed by atoms with Crippen molar-refractivity contribution in [1.82, 2.24) is 0 Å². The van der Waals surface area contributed by atoms with Crippen molar-refractivity contribution >= 4 is 5.97 Å². The summed E-state index contributed by atoms with van der Waals surface area (Å²) in [5.41, 5.74) is 1.84. The van der Waals surface area contributed by atoms with E-state index in [-0.39, 0.29) is 11.6 Å². The minimum absolute atomic E-state index is 0.194. The lowest BCUT2D eigenvalue weighted by atomic mass is 9.75. The van der Waals surface area contributed by atoms with Crippen LogP contribution in [0.25, 0.3) is 0 Å². The molecule has 3 heteroatoms. The molecule has 1 aromatic rings. The third-order valence-electron chi connectivity index (χ3n) is 5.20. The molecule has 1 aromatic carbocycles. The highest BCUT2D eigenvalue weighted by Crippen LogP contribution is 2.53. The molecule has 3 rings (SSSR count). The smallest absolute Gasteiger partial charge is 0.330 e. The molecule has 3 nitrogen and oxygen atoms in total. The van der Waals surface area contributed by atoms with E-state index in [0.29, 0.717) is 17.4 Å². The zero-order chi connectivity index (χ0) is 15.6. The van der Waals surface area contributed by atoms with E-state index >= 15 is 0 Å². The Bertz CT molecular complexity index is 599. The van der Waals surface area contributed by atoms with Crippen LogP contribution in [-0.4, -0.2) is 11.6 Å². The van der Waals surface area contributed by atoms with Crippen molar-refractivity contribution in [2.45, 2.75) is 50.0 Å². The van der Waals surface area contributed by atoms with Gasteiger partial charge in [-0.2, -0.15) is 5.26 Å². The van der Waals surface area contributed by atoms with Gasteiger partial charge in [0.05, 0.1) is 11.6 Å². The quantitative estimate of drug-likeness (QED) is 0.621. The average Bonchev–Trinajstić information content (AvgIpc) is 3.35. The molecule has 0 bridgehead atoms. The summed E-state index contributed by atoms with van der Waals surface area (Å²) in [5, 5.41) is 8.86. The standard InChI is InChI=1S/C19H21NO2/c1-2-18(21)22-19(11-12-19)17-9-7-16(8-10-17)15-5-3-14(13-20)4-6-15/h2-6,16-17H,1,7-12H2. The Balaban J connectivity index is 1.59. The van der Waals surface area contributed by atoms with Gasteiger partial charge in [0.15, 0.2) is 0 Å². The van der Waals surface area contributed by atoms with Crippen molar-refractivity contribution in [2.75, 3.05) is 0 Å². The molecule has 2 aliphatic rings. The molecule has 114 valence electrons. The molecule has 0 amide bonds. The summed E-state index contributed by atoms with van der Waals surface area (Å²) in [7, 11) is 0. The van der Waals surface area contributed by atoms with E-state index in [9.17, 15) is 4.79 Å². The van der Waals surface area contributed by atoms with Gasteiger partial charge in [-0.1, -0.05) is 18.7 Å². The predicted molar refractivity (Wildman–Crippen MR) is 84.1 cm³/mol. The highest BCUT2D eigenvalue weighted by atomic mass is 16.6. The lowest BCUT2D eigenvalue weighted by Gasteiger charge is -2.34. The minimum Gasteiger partial charge on any atom is -0.456 e. The van der Waals surface area contributed by atoms with E-state index in [0.717, 1.165) is 38.5 Å². The second kappa shape index (κ2) is 5.96.